The molecule has 1 amide bonds. The van der Waals surface area contributed by atoms with Crippen LogP contribution in [0.5, 0.6) is 17.2 Å². The van der Waals surface area contributed by atoms with Crippen LogP contribution in [-0.2, 0) is 11.3 Å². The molecule has 0 radical (unpaired) electrons. The molecule has 0 aromatic heterocycles. The first-order valence-electron chi connectivity index (χ1n) is 8.48. The van der Waals surface area contributed by atoms with Gasteiger partial charge in [0, 0.05) is 24.9 Å². The zero-order valence-corrected chi connectivity index (χ0v) is 14.6. The summed E-state index contributed by atoms with van der Waals surface area (Å²) in [5.74, 6) is 1.73. The molecule has 2 aromatic rings. The number of ether oxygens (including phenoxy) is 3. The maximum absolute atomic E-state index is 12.3. The number of methoxy groups -OCH3 is 1. The molecule has 1 aliphatic heterocycles. The average molecular weight is 355 g/mol. The standard InChI is InChI=1S/C20H21NO5/c1-24-16-5-2-14(3-6-16)13-21-20(23)9-7-17(22)15-4-8-18-19(12-15)26-11-10-25-18/h2-6,8,12H,7,9-11,13H2,1H3,(H,21,23). The molecular weight excluding hydrogens is 334 g/mol. The van der Waals surface area contributed by atoms with Crippen molar-refractivity contribution >= 4 is 11.7 Å². The molecule has 0 unspecified atom stereocenters. The highest BCUT2D eigenvalue weighted by atomic mass is 16.6. The number of fused-ring (bicyclic) bond motifs is 1. The first-order valence-corrected chi connectivity index (χ1v) is 8.48. The fraction of sp³-hybridized carbons (Fsp3) is 0.300. The summed E-state index contributed by atoms with van der Waals surface area (Å²) < 4.78 is 16.0. The second-order valence-corrected chi connectivity index (χ2v) is 5.91. The molecule has 0 atom stereocenters. The van der Waals surface area contributed by atoms with Crippen molar-refractivity contribution < 1.29 is 23.8 Å². The van der Waals surface area contributed by atoms with E-state index in [9.17, 15) is 9.59 Å². The summed E-state index contributed by atoms with van der Waals surface area (Å²) >= 11 is 0. The van der Waals surface area contributed by atoms with Gasteiger partial charge in [-0.25, -0.2) is 0 Å². The maximum Gasteiger partial charge on any atom is 0.220 e. The number of carbonyl (C=O) groups excluding carboxylic acids is 2. The van der Waals surface area contributed by atoms with Crippen LogP contribution in [0.4, 0.5) is 0 Å². The molecule has 1 N–H and O–H groups in total. The Bertz CT molecular complexity index is 785. The SMILES string of the molecule is COc1ccc(CNC(=O)CCC(=O)c2ccc3c(c2)OCCO3)cc1. The van der Waals surface area contributed by atoms with Crippen LogP contribution in [0.1, 0.15) is 28.8 Å². The van der Waals surface area contributed by atoms with Crippen molar-refractivity contribution in [2.24, 2.45) is 0 Å². The first kappa shape index (κ1) is 17.8. The zero-order chi connectivity index (χ0) is 18.4. The van der Waals surface area contributed by atoms with Crippen LogP contribution in [0.3, 0.4) is 0 Å². The Morgan fingerprint density at radius 1 is 1.00 bits per heavy atom. The molecule has 136 valence electrons. The Morgan fingerprint density at radius 3 is 2.46 bits per heavy atom. The lowest BCUT2D eigenvalue weighted by Crippen LogP contribution is -2.23. The highest BCUT2D eigenvalue weighted by molar-refractivity contribution is 5.98. The molecule has 0 saturated carbocycles. The predicted molar refractivity (Wildman–Crippen MR) is 95.8 cm³/mol. The van der Waals surface area contributed by atoms with E-state index in [1.54, 1.807) is 25.3 Å². The molecule has 1 heterocycles. The van der Waals surface area contributed by atoms with Gasteiger partial charge >= 0.3 is 0 Å². The van der Waals surface area contributed by atoms with E-state index in [1.165, 1.54) is 0 Å². The van der Waals surface area contributed by atoms with E-state index in [0.717, 1.165) is 11.3 Å². The van der Waals surface area contributed by atoms with E-state index in [0.29, 0.717) is 36.8 Å². The molecule has 0 fully saturated rings. The summed E-state index contributed by atoms with van der Waals surface area (Å²) in [7, 11) is 1.61. The molecule has 1 aliphatic rings. The van der Waals surface area contributed by atoms with Crippen LogP contribution >= 0.6 is 0 Å². The summed E-state index contributed by atoms with van der Waals surface area (Å²) in [4.78, 5) is 24.3. The van der Waals surface area contributed by atoms with Gasteiger partial charge in [0.15, 0.2) is 17.3 Å². The lowest BCUT2D eigenvalue weighted by Gasteiger charge is -2.18. The average Bonchev–Trinajstić information content (AvgIpc) is 2.70. The summed E-state index contributed by atoms with van der Waals surface area (Å²) in [6.07, 6.45) is 0.289. The summed E-state index contributed by atoms with van der Waals surface area (Å²) in [5, 5.41) is 2.82. The van der Waals surface area contributed by atoms with Gasteiger partial charge in [0.25, 0.3) is 0 Å². The van der Waals surface area contributed by atoms with Crippen molar-refractivity contribution in [1.82, 2.24) is 5.32 Å². The van der Waals surface area contributed by atoms with E-state index < -0.39 is 0 Å². The van der Waals surface area contributed by atoms with Gasteiger partial charge in [0.05, 0.1) is 7.11 Å². The van der Waals surface area contributed by atoms with E-state index >= 15 is 0 Å². The second-order valence-electron chi connectivity index (χ2n) is 5.91. The number of amides is 1. The number of benzene rings is 2. The van der Waals surface area contributed by atoms with Crippen molar-refractivity contribution in [2.45, 2.75) is 19.4 Å². The highest BCUT2D eigenvalue weighted by Gasteiger charge is 2.15. The van der Waals surface area contributed by atoms with Crippen molar-refractivity contribution in [2.75, 3.05) is 20.3 Å². The van der Waals surface area contributed by atoms with Gasteiger partial charge in [0.2, 0.25) is 5.91 Å². The highest BCUT2D eigenvalue weighted by Crippen LogP contribution is 2.31. The minimum Gasteiger partial charge on any atom is -0.497 e. The van der Waals surface area contributed by atoms with Crippen molar-refractivity contribution in [1.29, 1.82) is 0 Å². The molecular formula is C20H21NO5. The quantitative estimate of drug-likeness (QED) is 0.773. The summed E-state index contributed by atoms with van der Waals surface area (Å²) in [5.41, 5.74) is 1.49. The number of ketones is 1. The minimum atomic E-state index is -0.160. The fourth-order valence-corrected chi connectivity index (χ4v) is 2.62. The zero-order valence-electron chi connectivity index (χ0n) is 14.6. The third-order valence-electron chi connectivity index (χ3n) is 4.09. The summed E-state index contributed by atoms with van der Waals surface area (Å²) in [6, 6.07) is 12.6. The van der Waals surface area contributed by atoms with Crippen molar-refractivity contribution in [3.63, 3.8) is 0 Å². The van der Waals surface area contributed by atoms with Crippen LogP contribution in [0.25, 0.3) is 0 Å². The predicted octanol–water partition coefficient (Wildman–Crippen LogP) is 2.75. The Hall–Kier alpha value is -3.02. The van der Waals surface area contributed by atoms with E-state index in [-0.39, 0.29) is 24.5 Å². The Morgan fingerprint density at radius 2 is 1.73 bits per heavy atom. The van der Waals surface area contributed by atoms with Crippen LogP contribution in [0.15, 0.2) is 42.5 Å². The molecule has 0 aliphatic carbocycles. The van der Waals surface area contributed by atoms with E-state index in [1.807, 2.05) is 24.3 Å². The molecule has 6 heteroatoms. The Kier molecular flexibility index (Phi) is 5.73. The lowest BCUT2D eigenvalue weighted by atomic mass is 10.1. The molecule has 26 heavy (non-hydrogen) atoms. The van der Waals surface area contributed by atoms with Gasteiger partial charge in [0.1, 0.15) is 19.0 Å². The van der Waals surface area contributed by atoms with Gasteiger partial charge in [-0.3, -0.25) is 9.59 Å². The molecule has 3 rings (SSSR count). The number of hydrogen-bond donors (Lipinski definition) is 1. The van der Waals surface area contributed by atoms with Gasteiger partial charge in [-0.05, 0) is 35.9 Å². The number of carbonyl (C=O) groups is 2. The van der Waals surface area contributed by atoms with Crippen LogP contribution in [0, 0.1) is 0 Å². The largest absolute Gasteiger partial charge is 0.497 e. The van der Waals surface area contributed by atoms with Gasteiger partial charge in [-0.1, -0.05) is 12.1 Å². The number of Topliss-reactive ketones (excluding diaryl/α,β-unsaturated/α-hetero) is 1. The number of hydrogen-bond acceptors (Lipinski definition) is 5. The van der Waals surface area contributed by atoms with E-state index in [2.05, 4.69) is 5.32 Å². The summed E-state index contributed by atoms with van der Waals surface area (Å²) in [6.45, 7) is 1.40. The van der Waals surface area contributed by atoms with Crippen LogP contribution in [0.2, 0.25) is 0 Å². The monoisotopic (exact) mass is 355 g/mol. The van der Waals surface area contributed by atoms with Crippen LogP contribution in [-0.4, -0.2) is 32.0 Å². The second kappa shape index (κ2) is 8.38. The lowest BCUT2D eigenvalue weighted by molar-refractivity contribution is -0.121. The molecule has 6 nitrogen and oxygen atoms in total. The third-order valence-corrected chi connectivity index (χ3v) is 4.09. The third kappa shape index (κ3) is 4.53. The minimum absolute atomic E-state index is 0.0958. The smallest absolute Gasteiger partial charge is 0.220 e. The molecule has 0 bridgehead atoms. The van der Waals surface area contributed by atoms with Crippen molar-refractivity contribution in [3.05, 3.63) is 53.6 Å². The van der Waals surface area contributed by atoms with Gasteiger partial charge in [-0.15, -0.1) is 0 Å². The molecule has 0 spiro atoms. The normalized spacial score (nSPS) is 12.3. The number of nitrogens with one attached hydrogen (secondary N) is 1. The number of rotatable bonds is 7. The van der Waals surface area contributed by atoms with E-state index in [4.69, 9.17) is 14.2 Å². The Balaban J connectivity index is 1.47. The maximum atomic E-state index is 12.3. The van der Waals surface area contributed by atoms with Gasteiger partial charge < -0.3 is 19.5 Å². The topological polar surface area (TPSA) is 73.9 Å². The first-order chi connectivity index (χ1) is 12.7. The van der Waals surface area contributed by atoms with Crippen molar-refractivity contribution in [3.8, 4) is 17.2 Å². The molecule has 2 aromatic carbocycles. The Labute approximate surface area is 152 Å². The van der Waals surface area contributed by atoms with Gasteiger partial charge in [-0.2, -0.15) is 0 Å². The van der Waals surface area contributed by atoms with Crippen LogP contribution < -0.4 is 19.5 Å². The molecule has 0 saturated heterocycles. The fourth-order valence-electron chi connectivity index (χ4n) is 2.62.